The smallest absolute Gasteiger partial charge is 0.0181 e. The van der Waals surface area contributed by atoms with Gasteiger partial charge in [0.1, 0.15) is 0 Å². The first kappa shape index (κ1) is 25.0. The van der Waals surface area contributed by atoms with Crippen LogP contribution >= 0.6 is 0 Å². The maximum atomic E-state index is 2.38. The maximum absolute atomic E-state index is 2.38. The molecule has 0 saturated carbocycles. The van der Waals surface area contributed by atoms with Crippen molar-refractivity contribution in [3.63, 3.8) is 0 Å². The van der Waals surface area contributed by atoms with Gasteiger partial charge in [-0.05, 0) is 29.2 Å². The van der Waals surface area contributed by atoms with Gasteiger partial charge in [0.05, 0.1) is 0 Å². The molecule has 0 aliphatic heterocycles. The standard InChI is InChI=1S/C30H48/c1-2-3-4-5-6-7-8-9-10-11-12-13-14-15-16-17-18-19-22-28-25-26-29-23-20-21-24-30(29)27-28/h20-21,23-27H,2-19,22H2,1H3. The summed E-state index contributed by atoms with van der Waals surface area (Å²) in [5.41, 5.74) is 1.50. The van der Waals surface area contributed by atoms with Crippen molar-refractivity contribution in [2.75, 3.05) is 0 Å². The zero-order valence-electron chi connectivity index (χ0n) is 20.0. The van der Waals surface area contributed by atoms with E-state index in [1.54, 1.807) is 0 Å². The second kappa shape index (κ2) is 17.4. The molecule has 0 aliphatic carbocycles. The molecule has 0 heteroatoms. The van der Waals surface area contributed by atoms with Gasteiger partial charge in [0.25, 0.3) is 0 Å². The molecule has 0 aromatic heterocycles. The largest absolute Gasteiger partial charge is 0.0654 e. The van der Waals surface area contributed by atoms with Crippen molar-refractivity contribution in [3.8, 4) is 0 Å². The lowest BCUT2D eigenvalue weighted by Gasteiger charge is -2.05. The van der Waals surface area contributed by atoms with Crippen LogP contribution in [0.15, 0.2) is 42.5 Å². The van der Waals surface area contributed by atoms with Crippen LogP contribution in [-0.4, -0.2) is 0 Å². The van der Waals surface area contributed by atoms with E-state index >= 15 is 0 Å². The Balaban J connectivity index is 1.31. The minimum absolute atomic E-state index is 1.24. The number of benzene rings is 2. The second-order valence-electron chi connectivity index (χ2n) is 9.44. The summed E-state index contributed by atoms with van der Waals surface area (Å²) < 4.78 is 0. The summed E-state index contributed by atoms with van der Waals surface area (Å²) in [7, 11) is 0. The molecule has 0 radical (unpaired) electrons. The van der Waals surface area contributed by atoms with Crippen LogP contribution in [0.3, 0.4) is 0 Å². The van der Waals surface area contributed by atoms with Gasteiger partial charge in [-0.15, -0.1) is 0 Å². The zero-order chi connectivity index (χ0) is 21.1. The fourth-order valence-corrected chi connectivity index (χ4v) is 4.63. The van der Waals surface area contributed by atoms with Gasteiger partial charge in [0.15, 0.2) is 0 Å². The first-order valence-corrected chi connectivity index (χ1v) is 13.4. The number of rotatable bonds is 19. The number of aryl methyl sites for hydroxylation is 1. The summed E-state index contributed by atoms with van der Waals surface area (Å²) in [5.74, 6) is 0. The normalized spacial score (nSPS) is 11.4. The Kier molecular flexibility index (Phi) is 14.5. The fraction of sp³-hybridized carbons (Fsp3) is 0.667. The van der Waals surface area contributed by atoms with E-state index in [1.165, 1.54) is 138 Å². The quantitative estimate of drug-likeness (QED) is 0.203. The minimum atomic E-state index is 1.24. The van der Waals surface area contributed by atoms with Crippen LogP contribution in [0, 0.1) is 0 Å². The molecule has 0 atom stereocenters. The average Bonchev–Trinajstić information content (AvgIpc) is 2.78. The highest BCUT2D eigenvalue weighted by molar-refractivity contribution is 5.82. The highest BCUT2D eigenvalue weighted by atomic mass is 14.0. The molecule has 168 valence electrons. The first-order valence-electron chi connectivity index (χ1n) is 13.4. The lowest BCUT2D eigenvalue weighted by atomic mass is 10.0. The molecule has 0 saturated heterocycles. The summed E-state index contributed by atoms with van der Waals surface area (Å²) in [6, 6.07) is 15.7. The molecule has 2 aromatic carbocycles. The van der Waals surface area contributed by atoms with Gasteiger partial charge in [0, 0.05) is 0 Å². The third-order valence-corrected chi connectivity index (χ3v) is 6.63. The van der Waals surface area contributed by atoms with E-state index < -0.39 is 0 Å². The topological polar surface area (TPSA) is 0 Å². The van der Waals surface area contributed by atoms with E-state index in [2.05, 4.69) is 49.4 Å². The van der Waals surface area contributed by atoms with E-state index in [0.29, 0.717) is 0 Å². The van der Waals surface area contributed by atoms with Gasteiger partial charge >= 0.3 is 0 Å². The van der Waals surface area contributed by atoms with Crippen LogP contribution in [-0.2, 0) is 6.42 Å². The van der Waals surface area contributed by atoms with Gasteiger partial charge in [-0.1, -0.05) is 159 Å². The van der Waals surface area contributed by atoms with Crippen molar-refractivity contribution in [2.24, 2.45) is 0 Å². The fourth-order valence-electron chi connectivity index (χ4n) is 4.63. The van der Waals surface area contributed by atoms with Crippen LogP contribution in [0.4, 0.5) is 0 Å². The highest BCUT2D eigenvalue weighted by Crippen LogP contribution is 2.18. The number of hydrogen-bond acceptors (Lipinski definition) is 0. The lowest BCUT2D eigenvalue weighted by molar-refractivity contribution is 0.525. The van der Waals surface area contributed by atoms with Crippen LogP contribution in [0.5, 0.6) is 0 Å². The van der Waals surface area contributed by atoms with Crippen molar-refractivity contribution >= 4 is 10.8 Å². The number of hydrogen-bond donors (Lipinski definition) is 0. The van der Waals surface area contributed by atoms with Crippen molar-refractivity contribution in [1.82, 2.24) is 0 Å². The number of fused-ring (bicyclic) bond motifs is 1. The van der Waals surface area contributed by atoms with E-state index in [0.717, 1.165) is 0 Å². The van der Waals surface area contributed by atoms with Crippen LogP contribution < -0.4 is 0 Å². The third-order valence-electron chi connectivity index (χ3n) is 6.63. The molecule has 0 fully saturated rings. The third kappa shape index (κ3) is 11.8. The van der Waals surface area contributed by atoms with Crippen LogP contribution in [0.2, 0.25) is 0 Å². The van der Waals surface area contributed by atoms with E-state index in [1.807, 2.05) is 0 Å². The maximum Gasteiger partial charge on any atom is -0.0181 e. The van der Waals surface area contributed by atoms with Crippen LogP contribution in [0.1, 0.15) is 128 Å². The second-order valence-corrected chi connectivity index (χ2v) is 9.44. The molecular weight excluding hydrogens is 360 g/mol. The van der Waals surface area contributed by atoms with Crippen molar-refractivity contribution in [2.45, 2.75) is 129 Å². The van der Waals surface area contributed by atoms with Crippen molar-refractivity contribution in [3.05, 3.63) is 48.0 Å². The van der Waals surface area contributed by atoms with Crippen LogP contribution in [0.25, 0.3) is 10.8 Å². The Morgan fingerprint density at radius 3 is 1.37 bits per heavy atom. The molecular formula is C30H48. The monoisotopic (exact) mass is 408 g/mol. The summed E-state index contributed by atoms with van der Waals surface area (Å²) >= 11 is 0. The molecule has 2 rings (SSSR count). The molecule has 2 aromatic rings. The Morgan fingerprint density at radius 2 is 0.867 bits per heavy atom. The molecule has 0 aliphatic rings. The molecule has 30 heavy (non-hydrogen) atoms. The van der Waals surface area contributed by atoms with Gasteiger partial charge in [0.2, 0.25) is 0 Å². The van der Waals surface area contributed by atoms with Gasteiger partial charge in [-0.2, -0.15) is 0 Å². The Bertz CT molecular complexity index is 641. The number of unbranched alkanes of at least 4 members (excludes halogenated alkanes) is 17. The first-order chi connectivity index (χ1) is 14.9. The van der Waals surface area contributed by atoms with E-state index in [4.69, 9.17) is 0 Å². The predicted molar refractivity (Wildman–Crippen MR) is 136 cm³/mol. The summed E-state index contributed by atoms with van der Waals surface area (Å²) in [6.45, 7) is 2.30. The molecule has 0 amide bonds. The van der Waals surface area contributed by atoms with Crippen molar-refractivity contribution in [1.29, 1.82) is 0 Å². The molecule has 0 N–H and O–H groups in total. The molecule has 0 nitrogen and oxygen atoms in total. The molecule has 0 unspecified atom stereocenters. The van der Waals surface area contributed by atoms with Crippen molar-refractivity contribution < 1.29 is 0 Å². The Hall–Kier alpha value is -1.30. The highest BCUT2D eigenvalue weighted by Gasteiger charge is 1.98. The molecule has 0 heterocycles. The van der Waals surface area contributed by atoms with Gasteiger partial charge in [-0.3, -0.25) is 0 Å². The SMILES string of the molecule is CCCCCCCCCCCCCCCCCCCCc1ccc2ccccc2c1. The summed E-state index contributed by atoms with van der Waals surface area (Å²) in [5, 5.41) is 2.75. The minimum Gasteiger partial charge on any atom is -0.0654 e. The summed E-state index contributed by atoms with van der Waals surface area (Å²) in [4.78, 5) is 0. The van der Waals surface area contributed by atoms with Gasteiger partial charge < -0.3 is 0 Å². The Labute approximate surface area is 187 Å². The zero-order valence-corrected chi connectivity index (χ0v) is 20.0. The predicted octanol–water partition coefficient (Wildman–Crippen LogP) is 10.4. The average molecular weight is 409 g/mol. The molecule has 0 bridgehead atoms. The van der Waals surface area contributed by atoms with E-state index in [9.17, 15) is 0 Å². The molecule has 0 spiro atoms. The Morgan fingerprint density at radius 1 is 0.433 bits per heavy atom. The lowest BCUT2D eigenvalue weighted by Crippen LogP contribution is -1.87. The van der Waals surface area contributed by atoms with Gasteiger partial charge in [-0.25, -0.2) is 0 Å². The summed E-state index contributed by atoms with van der Waals surface area (Å²) in [6.07, 6.45) is 27.3. The van der Waals surface area contributed by atoms with E-state index in [-0.39, 0.29) is 0 Å².